The van der Waals surface area contributed by atoms with Crippen LogP contribution in [-0.4, -0.2) is 48.7 Å². The van der Waals surface area contributed by atoms with E-state index in [9.17, 15) is 14.2 Å². The Balaban J connectivity index is 1.47. The summed E-state index contributed by atoms with van der Waals surface area (Å²) in [5.41, 5.74) is 5.22. The van der Waals surface area contributed by atoms with Crippen molar-refractivity contribution in [2.75, 3.05) is 32.0 Å². The predicted molar refractivity (Wildman–Crippen MR) is 130 cm³/mol. The maximum Gasteiger partial charge on any atom is 0.530 e. The molecule has 1 aromatic heterocycles. The second-order valence-electron chi connectivity index (χ2n) is 7.57. The molecule has 190 valence electrons. The molecule has 2 aliphatic rings. The molecule has 0 amide bonds. The average Bonchev–Trinajstić information content (AvgIpc) is 3.49. The van der Waals surface area contributed by atoms with Crippen LogP contribution in [0.5, 0.6) is 17.2 Å². The van der Waals surface area contributed by atoms with E-state index < -0.39 is 36.7 Å². The van der Waals surface area contributed by atoms with Gasteiger partial charge < -0.3 is 29.2 Å². The summed E-state index contributed by atoms with van der Waals surface area (Å²) in [5.74, 6) is 3.43. The molecule has 1 saturated heterocycles. The van der Waals surface area contributed by atoms with E-state index in [0.29, 0.717) is 22.8 Å². The summed E-state index contributed by atoms with van der Waals surface area (Å²) < 4.78 is 45.9. The van der Waals surface area contributed by atoms with Crippen LogP contribution < -0.4 is 25.3 Å². The van der Waals surface area contributed by atoms with Gasteiger partial charge in [-0.05, 0) is 23.8 Å². The van der Waals surface area contributed by atoms with Gasteiger partial charge in [-0.2, -0.15) is 4.98 Å². The van der Waals surface area contributed by atoms with E-state index in [2.05, 4.69) is 20.4 Å². The van der Waals surface area contributed by atoms with Gasteiger partial charge in [0.1, 0.15) is 17.0 Å². The van der Waals surface area contributed by atoms with E-state index in [1.54, 1.807) is 12.1 Å². The Bertz CT molecular complexity index is 1320. The fourth-order valence-electron chi connectivity index (χ4n) is 3.18. The molecule has 2 N–H and O–H groups in total. The topological polar surface area (TPSA) is 150 Å². The third-order valence-electron chi connectivity index (χ3n) is 4.96. The molecule has 0 radical (unpaired) electrons. The number of anilines is 1. The van der Waals surface area contributed by atoms with Crippen LogP contribution in [0.3, 0.4) is 0 Å². The second kappa shape index (κ2) is 11.2. The van der Waals surface area contributed by atoms with Crippen molar-refractivity contribution in [3.8, 4) is 23.1 Å². The van der Waals surface area contributed by atoms with Gasteiger partial charge >= 0.3 is 25.4 Å². The van der Waals surface area contributed by atoms with Gasteiger partial charge in [-0.3, -0.25) is 9.32 Å². The number of ether oxygens (including phenoxy) is 4. The lowest BCUT2D eigenvalue weighted by molar-refractivity contribution is -0.140. The minimum Gasteiger partial charge on any atom is -0.463 e. The molecule has 0 saturated carbocycles. The number of hydrogen-bond acceptors (Lipinski definition) is 12. The smallest absolute Gasteiger partial charge is 0.463 e. The van der Waals surface area contributed by atoms with Gasteiger partial charge in [0.15, 0.2) is 11.5 Å². The van der Waals surface area contributed by atoms with Crippen molar-refractivity contribution in [3.63, 3.8) is 0 Å². The largest absolute Gasteiger partial charge is 0.530 e. The lowest BCUT2D eigenvalue weighted by atomic mass is 10.2. The first-order chi connectivity index (χ1) is 17.2. The summed E-state index contributed by atoms with van der Waals surface area (Å²) in [7, 11) is -2.92. The first kappa shape index (κ1) is 25.8. The zero-order valence-corrected chi connectivity index (χ0v) is 21.0. The highest BCUT2D eigenvalue weighted by molar-refractivity contribution is 8.00. The first-order valence-electron chi connectivity index (χ1n) is 10.7. The number of nitrogens with zero attached hydrogens (tertiary/aromatic N) is 2. The molecule has 1 unspecified atom stereocenters. The molecule has 14 heteroatoms. The van der Waals surface area contributed by atoms with Crippen molar-refractivity contribution in [2.24, 2.45) is 0 Å². The van der Waals surface area contributed by atoms with E-state index in [4.69, 9.17) is 29.0 Å². The molecule has 1 aromatic carbocycles. The zero-order valence-electron chi connectivity index (χ0n) is 19.3. The van der Waals surface area contributed by atoms with Crippen molar-refractivity contribution in [3.05, 3.63) is 57.2 Å². The first-order valence-corrected chi connectivity index (χ1v) is 13.3. The Labute approximate surface area is 210 Å². The summed E-state index contributed by atoms with van der Waals surface area (Å²) >= 11 is 1.40. The van der Waals surface area contributed by atoms with Crippen LogP contribution in [0.1, 0.15) is 18.6 Å². The summed E-state index contributed by atoms with van der Waals surface area (Å²) in [6.45, 7) is 1.36. The molecule has 4 atom stereocenters. The number of aromatic nitrogens is 1. The minimum absolute atomic E-state index is 0.0600. The molecule has 0 bridgehead atoms. The molecule has 36 heavy (non-hydrogen) atoms. The number of carbonyl (C=O) groups excluding carboxylic acids is 1. The number of fused-ring (bicyclic) bond motifs is 1. The number of rotatable bonds is 7. The third-order valence-corrected chi connectivity index (χ3v) is 7.38. The maximum absolute atomic E-state index is 13.5. The molecule has 4 rings (SSSR count). The van der Waals surface area contributed by atoms with Crippen LogP contribution in [0.25, 0.3) is 4.85 Å². The van der Waals surface area contributed by atoms with E-state index >= 15 is 0 Å². The van der Waals surface area contributed by atoms with Gasteiger partial charge in [-0.1, -0.05) is 10.9 Å². The molecule has 1 fully saturated rings. The van der Waals surface area contributed by atoms with Crippen molar-refractivity contribution < 1.29 is 37.4 Å². The highest BCUT2D eigenvalue weighted by atomic mass is 32.2. The van der Waals surface area contributed by atoms with Gasteiger partial charge in [-0.15, -0.1) is 11.8 Å². The van der Waals surface area contributed by atoms with Crippen LogP contribution in [0, 0.1) is 5.81 Å². The van der Waals surface area contributed by atoms with Crippen LogP contribution >= 0.6 is 19.4 Å². The van der Waals surface area contributed by atoms with Crippen molar-refractivity contribution >= 4 is 31.1 Å². The quantitative estimate of drug-likeness (QED) is 0.409. The number of hydrogen-bond donors (Lipinski definition) is 1. The van der Waals surface area contributed by atoms with Crippen LogP contribution in [0.15, 0.2) is 41.2 Å². The zero-order chi connectivity index (χ0) is 25.7. The van der Waals surface area contributed by atoms with E-state index in [1.165, 1.54) is 50.1 Å². The molecule has 2 aliphatic heterocycles. The van der Waals surface area contributed by atoms with Crippen molar-refractivity contribution in [2.45, 2.75) is 24.5 Å². The Kier molecular flexibility index (Phi) is 8.01. The van der Waals surface area contributed by atoms with Gasteiger partial charge in [0.05, 0.1) is 19.8 Å². The van der Waals surface area contributed by atoms with Gasteiger partial charge in [0, 0.05) is 24.8 Å². The predicted octanol–water partition coefficient (Wildman–Crippen LogP) is 3.02. The molecule has 0 aliphatic carbocycles. The maximum atomic E-state index is 13.5. The molecule has 0 spiro atoms. The lowest BCUT2D eigenvalue weighted by Gasteiger charge is -2.15. The molecular formula is C22H23N3O9PS+. The molecule has 12 nitrogen and oxygen atoms in total. The highest BCUT2D eigenvalue weighted by Gasteiger charge is 2.37. The van der Waals surface area contributed by atoms with Gasteiger partial charge in [0.25, 0.3) is 5.56 Å². The summed E-state index contributed by atoms with van der Waals surface area (Å²) in [5, 5.41) is 0. The van der Waals surface area contributed by atoms with E-state index in [-0.39, 0.29) is 25.0 Å². The molecular weight excluding hydrogens is 513 g/mol. The molecule has 3 heterocycles. The number of nitrogen functional groups attached to an aromatic ring is 1. The van der Waals surface area contributed by atoms with Crippen molar-refractivity contribution in [1.82, 2.24) is 4.98 Å². The fourth-order valence-corrected chi connectivity index (χ4v) is 5.50. The van der Waals surface area contributed by atoms with Crippen LogP contribution in [0.2, 0.25) is 0 Å². The summed E-state index contributed by atoms with van der Waals surface area (Å²) in [6, 6.07) is 8.19. The number of nitrogens with two attached hydrogens (primary N) is 1. The van der Waals surface area contributed by atoms with E-state index in [0.717, 1.165) is 0 Å². The number of thioether (sulfide) groups is 1. The monoisotopic (exact) mass is 536 g/mol. The lowest BCUT2D eigenvalue weighted by Crippen LogP contribution is -2.15. The second-order valence-corrected chi connectivity index (χ2v) is 10.4. The number of benzene rings is 1. The standard InChI is InChI=1S/C22H22N3O9PS/c1-13(22(27)29-2)24-11-35(28,34-15-4-5-16-17(8-15)31-12-30-16)32-9-21-33-18(10-36-21)14-3-6-19(23)25-20(26)7-14/h3-8,13,18,21H,9-10,12H2,1-2H3,(H-,23,25,26)/p+1/t13-,18+,21-,35?/m0/s1. The summed E-state index contributed by atoms with van der Waals surface area (Å²) in [4.78, 5) is 31.1. The Morgan fingerprint density at radius 3 is 2.92 bits per heavy atom. The normalized spacial score (nSPS) is 20.5. The van der Waals surface area contributed by atoms with Crippen molar-refractivity contribution in [1.29, 1.82) is 0 Å². The van der Waals surface area contributed by atoms with Crippen LogP contribution in [-0.2, 0) is 23.4 Å². The minimum atomic E-state index is -4.13. The summed E-state index contributed by atoms with van der Waals surface area (Å²) in [6.07, 6.45) is -0.420. The van der Waals surface area contributed by atoms with Crippen LogP contribution in [0.4, 0.5) is 5.82 Å². The van der Waals surface area contributed by atoms with Gasteiger partial charge in [0.2, 0.25) is 6.79 Å². The number of carbonyl (C=O) groups is 1. The van der Waals surface area contributed by atoms with Gasteiger partial charge in [-0.25, -0.2) is 9.36 Å². The SMILES string of the molecule is COC(=O)[C@H](C)[N+]#CP(=O)(OC[C@H]1O[C@@H](c2ccc(N)nc(=O)c2)CS1)Oc1ccc2c(c1)OCO2. The Morgan fingerprint density at radius 2 is 2.11 bits per heavy atom. The Hall–Kier alpha value is -3.30. The molecule has 2 aromatic rings. The average molecular weight is 536 g/mol. The highest BCUT2D eigenvalue weighted by Crippen LogP contribution is 2.50. The third kappa shape index (κ3) is 6.47. The number of esters is 1. The van der Waals surface area contributed by atoms with E-state index in [1.807, 2.05) is 0 Å². The number of methoxy groups -OCH3 is 1. The fraction of sp³-hybridized carbons (Fsp3) is 0.364. The Morgan fingerprint density at radius 1 is 1.31 bits per heavy atom.